The van der Waals surface area contributed by atoms with Gasteiger partial charge >= 0.3 is 11.8 Å². The molecule has 0 unspecified atom stereocenters. The van der Waals surface area contributed by atoms with E-state index in [0.717, 1.165) is 16.1 Å². The van der Waals surface area contributed by atoms with Gasteiger partial charge in [-0.05, 0) is 47.8 Å². The van der Waals surface area contributed by atoms with Gasteiger partial charge in [0.1, 0.15) is 0 Å². The zero-order valence-electron chi connectivity index (χ0n) is 13.1. The number of carbonyl (C=O) groups is 1. The molecule has 1 N–H and O–H groups in total. The van der Waals surface area contributed by atoms with Crippen molar-refractivity contribution in [3.63, 3.8) is 0 Å². The molecular formula is C18H14N4O2S. The van der Waals surface area contributed by atoms with Gasteiger partial charge in [0.05, 0.1) is 6.54 Å². The summed E-state index contributed by atoms with van der Waals surface area (Å²) in [6.45, 7) is 0.444. The summed E-state index contributed by atoms with van der Waals surface area (Å²) in [5.74, 6) is -0.0301. The maximum absolute atomic E-state index is 12.1. The summed E-state index contributed by atoms with van der Waals surface area (Å²) >= 11 is 1.58. The van der Waals surface area contributed by atoms with Gasteiger partial charge in [0.2, 0.25) is 5.82 Å². The Morgan fingerprint density at radius 1 is 1.12 bits per heavy atom. The largest absolute Gasteiger partial charge is 0.343 e. The SMILES string of the molecule is O=C(NCc1cccs1)c1nc(-c2ccc(-n3cccc3)cc2)no1. The van der Waals surface area contributed by atoms with Crippen molar-refractivity contribution in [1.82, 2.24) is 20.0 Å². The molecule has 4 rings (SSSR count). The number of aromatic nitrogens is 3. The zero-order valence-corrected chi connectivity index (χ0v) is 13.9. The molecule has 0 aliphatic heterocycles. The van der Waals surface area contributed by atoms with Gasteiger partial charge in [-0.2, -0.15) is 4.98 Å². The molecule has 25 heavy (non-hydrogen) atoms. The van der Waals surface area contributed by atoms with E-state index >= 15 is 0 Å². The van der Waals surface area contributed by atoms with Gasteiger partial charge in [-0.3, -0.25) is 4.79 Å². The molecule has 0 radical (unpaired) electrons. The van der Waals surface area contributed by atoms with Gasteiger partial charge in [-0.1, -0.05) is 11.2 Å². The van der Waals surface area contributed by atoms with E-state index in [9.17, 15) is 4.79 Å². The van der Waals surface area contributed by atoms with Crippen LogP contribution < -0.4 is 5.32 Å². The minimum absolute atomic E-state index is 0.0407. The van der Waals surface area contributed by atoms with Crippen molar-refractivity contribution in [1.29, 1.82) is 0 Å². The molecular weight excluding hydrogens is 336 g/mol. The highest BCUT2D eigenvalue weighted by atomic mass is 32.1. The Morgan fingerprint density at radius 3 is 2.64 bits per heavy atom. The third kappa shape index (κ3) is 3.36. The van der Waals surface area contributed by atoms with Crippen molar-refractivity contribution < 1.29 is 9.32 Å². The number of carbonyl (C=O) groups excluding carboxylic acids is 1. The molecule has 3 heterocycles. The minimum Gasteiger partial charge on any atom is -0.343 e. The van der Waals surface area contributed by atoms with Crippen molar-refractivity contribution in [3.8, 4) is 17.1 Å². The Morgan fingerprint density at radius 2 is 1.92 bits per heavy atom. The van der Waals surface area contributed by atoms with E-state index < -0.39 is 0 Å². The van der Waals surface area contributed by atoms with Gasteiger partial charge in [-0.15, -0.1) is 11.3 Å². The summed E-state index contributed by atoms with van der Waals surface area (Å²) in [6, 6.07) is 15.5. The third-order valence-electron chi connectivity index (χ3n) is 3.65. The molecule has 3 aromatic heterocycles. The lowest BCUT2D eigenvalue weighted by Crippen LogP contribution is -2.22. The van der Waals surface area contributed by atoms with Crippen LogP contribution in [0.3, 0.4) is 0 Å². The molecule has 0 fully saturated rings. The van der Waals surface area contributed by atoms with E-state index in [0.29, 0.717) is 12.4 Å². The van der Waals surface area contributed by atoms with Crippen LogP contribution in [0.2, 0.25) is 0 Å². The normalized spacial score (nSPS) is 10.7. The first-order valence-corrected chi connectivity index (χ1v) is 8.55. The number of rotatable bonds is 5. The summed E-state index contributed by atoms with van der Waals surface area (Å²) in [5.41, 5.74) is 1.82. The van der Waals surface area contributed by atoms with Gasteiger partial charge in [-0.25, -0.2) is 0 Å². The standard InChI is InChI=1S/C18H14N4O2S/c23-17(19-12-15-4-3-11-25-15)18-20-16(21-24-18)13-5-7-14(8-6-13)22-9-1-2-10-22/h1-11H,12H2,(H,19,23). The fourth-order valence-electron chi connectivity index (χ4n) is 2.38. The lowest BCUT2D eigenvalue weighted by molar-refractivity contribution is 0.0907. The predicted octanol–water partition coefficient (Wildman–Crippen LogP) is 3.52. The van der Waals surface area contributed by atoms with Gasteiger partial charge in [0.15, 0.2) is 0 Å². The second-order valence-corrected chi connectivity index (χ2v) is 6.35. The van der Waals surface area contributed by atoms with Crippen LogP contribution >= 0.6 is 11.3 Å². The van der Waals surface area contributed by atoms with Crippen LogP contribution in [0.1, 0.15) is 15.6 Å². The lowest BCUT2D eigenvalue weighted by atomic mass is 10.2. The number of amides is 1. The molecule has 0 aliphatic carbocycles. The van der Waals surface area contributed by atoms with Crippen molar-refractivity contribution >= 4 is 17.2 Å². The first kappa shape index (κ1) is 15.3. The average molecular weight is 350 g/mol. The molecule has 0 aliphatic rings. The van der Waals surface area contributed by atoms with E-state index in [4.69, 9.17) is 4.52 Å². The molecule has 1 aromatic carbocycles. The molecule has 4 aromatic rings. The molecule has 7 heteroatoms. The van der Waals surface area contributed by atoms with E-state index in [2.05, 4.69) is 15.5 Å². The van der Waals surface area contributed by atoms with Crippen LogP contribution in [0.5, 0.6) is 0 Å². The highest BCUT2D eigenvalue weighted by molar-refractivity contribution is 7.09. The zero-order chi connectivity index (χ0) is 17.1. The smallest absolute Gasteiger partial charge is 0.316 e. The van der Waals surface area contributed by atoms with Crippen LogP contribution in [-0.4, -0.2) is 20.6 Å². The third-order valence-corrected chi connectivity index (χ3v) is 4.53. The van der Waals surface area contributed by atoms with Gasteiger partial charge < -0.3 is 14.4 Å². The van der Waals surface area contributed by atoms with Crippen LogP contribution in [0, 0.1) is 0 Å². The fraction of sp³-hybridized carbons (Fsp3) is 0.0556. The van der Waals surface area contributed by atoms with Crippen molar-refractivity contribution in [2.24, 2.45) is 0 Å². The highest BCUT2D eigenvalue weighted by Gasteiger charge is 2.16. The predicted molar refractivity (Wildman–Crippen MR) is 94.6 cm³/mol. The Kier molecular flexibility index (Phi) is 4.14. The van der Waals surface area contributed by atoms with E-state index in [1.807, 2.05) is 70.9 Å². The molecule has 0 spiro atoms. The van der Waals surface area contributed by atoms with E-state index in [1.54, 1.807) is 11.3 Å². The average Bonchev–Trinajstić information content (AvgIpc) is 3.42. The van der Waals surface area contributed by atoms with Gasteiger partial charge in [0, 0.05) is 28.5 Å². The first-order valence-electron chi connectivity index (χ1n) is 7.68. The molecule has 124 valence electrons. The summed E-state index contributed by atoms with van der Waals surface area (Å²) in [6.07, 6.45) is 3.94. The van der Waals surface area contributed by atoms with Crippen LogP contribution in [0.4, 0.5) is 0 Å². The van der Waals surface area contributed by atoms with Crippen LogP contribution in [-0.2, 0) is 6.54 Å². The van der Waals surface area contributed by atoms with Gasteiger partial charge in [0.25, 0.3) is 0 Å². The number of hydrogen-bond donors (Lipinski definition) is 1. The topological polar surface area (TPSA) is 73.0 Å². The van der Waals surface area contributed by atoms with Crippen molar-refractivity contribution in [2.75, 3.05) is 0 Å². The monoisotopic (exact) mass is 350 g/mol. The molecule has 0 bridgehead atoms. The Labute approximate surface area is 147 Å². The molecule has 6 nitrogen and oxygen atoms in total. The first-order chi connectivity index (χ1) is 12.3. The Bertz CT molecular complexity index is 957. The fourth-order valence-corrected chi connectivity index (χ4v) is 3.02. The van der Waals surface area contributed by atoms with Crippen LogP contribution in [0.25, 0.3) is 17.1 Å². The molecule has 0 atom stereocenters. The number of nitrogens with zero attached hydrogens (tertiary/aromatic N) is 3. The molecule has 0 saturated carbocycles. The molecule has 1 amide bonds. The Balaban J connectivity index is 1.46. The maximum atomic E-state index is 12.1. The summed E-state index contributed by atoms with van der Waals surface area (Å²) in [4.78, 5) is 17.3. The number of hydrogen-bond acceptors (Lipinski definition) is 5. The minimum atomic E-state index is -0.379. The highest BCUT2D eigenvalue weighted by Crippen LogP contribution is 2.18. The van der Waals surface area contributed by atoms with E-state index in [1.165, 1.54) is 0 Å². The molecule has 0 saturated heterocycles. The maximum Gasteiger partial charge on any atom is 0.316 e. The van der Waals surface area contributed by atoms with Crippen molar-refractivity contribution in [3.05, 3.63) is 77.1 Å². The number of thiophene rings is 1. The number of benzene rings is 1. The second kappa shape index (κ2) is 6.74. The summed E-state index contributed by atoms with van der Waals surface area (Å²) in [5, 5.41) is 8.62. The second-order valence-electron chi connectivity index (χ2n) is 5.32. The quantitative estimate of drug-likeness (QED) is 0.598. The Hall–Kier alpha value is -3.19. The number of nitrogens with one attached hydrogen (secondary N) is 1. The van der Waals surface area contributed by atoms with Crippen molar-refractivity contribution in [2.45, 2.75) is 6.54 Å². The van der Waals surface area contributed by atoms with Crippen LogP contribution in [0.15, 0.2) is 70.8 Å². The summed E-state index contributed by atoms with van der Waals surface area (Å²) < 4.78 is 7.08. The summed E-state index contributed by atoms with van der Waals surface area (Å²) in [7, 11) is 0. The lowest BCUT2D eigenvalue weighted by Gasteiger charge is -2.02. The van der Waals surface area contributed by atoms with E-state index in [-0.39, 0.29) is 11.8 Å².